The van der Waals surface area contributed by atoms with E-state index in [1.54, 1.807) is 12.1 Å². The van der Waals surface area contributed by atoms with Crippen LogP contribution >= 0.6 is 0 Å². The van der Waals surface area contributed by atoms with Crippen LogP contribution < -0.4 is 10.2 Å². The summed E-state index contributed by atoms with van der Waals surface area (Å²) in [6, 6.07) is 10.5. The summed E-state index contributed by atoms with van der Waals surface area (Å²) >= 11 is 0. The standard InChI is InChI=1S/C17H18N4O5/c1-2-3-10-26-15-7-4-13(5-8-15)12-18-19-16-9-6-14(20(22)23)11-17(16)21(24)25/h4-9,11-12,19H,2-3,10H2,1H3. The van der Waals surface area contributed by atoms with Crippen LogP contribution in [0.3, 0.4) is 0 Å². The van der Waals surface area contributed by atoms with Crippen molar-refractivity contribution < 1.29 is 14.6 Å². The number of hydrogen-bond donors (Lipinski definition) is 1. The molecule has 0 spiro atoms. The minimum Gasteiger partial charge on any atom is -0.494 e. The second-order valence-corrected chi connectivity index (χ2v) is 5.36. The lowest BCUT2D eigenvalue weighted by Gasteiger charge is -2.05. The third-order valence-electron chi connectivity index (χ3n) is 3.43. The number of non-ortho nitro benzene ring substituents is 1. The number of nitrogens with zero attached hydrogens (tertiary/aromatic N) is 3. The van der Waals surface area contributed by atoms with Crippen LogP contribution in [0.5, 0.6) is 5.75 Å². The molecule has 0 aliphatic rings. The number of ether oxygens (including phenoxy) is 1. The lowest BCUT2D eigenvalue weighted by atomic mass is 10.2. The normalized spacial score (nSPS) is 10.7. The summed E-state index contributed by atoms with van der Waals surface area (Å²) in [6.45, 7) is 2.75. The van der Waals surface area contributed by atoms with Gasteiger partial charge in [0.25, 0.3) is 5.69 Å². The summed E-state index contributed by atoms with van der Waals surface area (Å²) in [7, 11) is 0. The van der Waals surface area contributed by atoms with Gasteiger partial charge in [-0.1, -0.05) is 13.3 Å². The van der Waals surface area contributed by atoms with Crippen LogP contribution in [0.4, 0.5) is 17.1 Å². The van der Waals surface area contributed by atoms with Gasteiger partial charge in [0, 0.05) is 6.07 Å². The number of anilines is 1. The molecular formula is C17H18N4O5. The van der Waals surface area contributed by atoms with Gasteiger partial charge < -0.3 is 4.74 Å². The topological polar surface area (TPSA) is 120 Å². The fourth-order valence-electron chi connectivity index (χ4n) is 2.04. The van der Waals surface area contributed by atoms with Gasteiger partial charge in [0.15, 0.2) is 0 Å². The van der Waals surface area contributed by atoms with Crippen molar-refractivity contribution in [2.24, 2.45) is 5.10 Å². The summed E-state index contributed by atoms with van der Waals surface area (Å²) in [5.41, 5.74) is 2.60. The van der Waals surface area contributed by atoms with Crippen LogP contribution in [0, 0.1) is 20.2 Å². The van der Waals surface area contributed by atoms with Crippen LogP contribution in [0.1, 0.15) is 25.3 Å². The number of unbranched alkanes of at least 4 members (excludes halogenated alkanes) is 1. The molecule has 9 nitrogen and oxygen atoms in total. The molecule has 0 amide bonds. The van der Waals surface area contributed by atoms with E-state index < -0.39 is 15.5 Å². The molecule has 1 N–H and O–H groups in total. The Hall–Kier alpha value is -3.49. The molecule has 9 heteroatoms. The molecule has 0 aliphatic heterocycles. The van der Waals surface area contributed by atoms with Crippen molar-refractivity contribution in [3.05, 3.63) is 68.3 Å². The molecule has 26 heavy (non-hydrogen) atoms. The van der Waals surface area contributed by atoms with Gasteiger partial charge in [0.05, 0.1) is 28.7 Å². The van der Waals surface area contributed by atoms with E-state index >= 15 is 0 Å². The van der Waals surface area contributed by atoms with Crippen molar-refractivity contribution in [1.82, 2.24) is 0 Å². The predicted molar refractivity (Wildman–Crippen MR) is 97.8 cm³/mol. The number of benzene rings is 2. The SMILES string of the molecule is CCCCOc1ccc(C=NNc2ccc([N+](=O)[O-])cc2[N+](=O)[O-])cc1. The largest absolute Gasteiger partial charge is 0.494 e. The minimum atomic E-state index is -0.701. The molecule has 0 aliphatic carbocycles. The molecular weight excluding hydrogens is 340 g/mol. The maximum atomic E-state index is 11.1. The second-order valence-electron chi connectivity index (χ2n) is 5.36. The van der Waals surface area contributed by atoms with Crippen molar-refractivity contribution in [2.45, 2.75) is 19.8 Å². The zero-order valence-corrected chi connectivity index (χ0v) is 14.1. The molecule has 2 aromatic carbocycles. The maximum absolute atomic E-state index is 11.1. The number of nitro benzene ring substituents is 2. The van der Waals surface area contributed by atoms with Crippen LogP contribution in [0.25, 0.3) is 0 Å². The number of nitro groups is 2. The van der Waals surface area contributed by atoms with E-state index in [0.717, 1.165) is 30.2 Å². The van der Waals surface area contributed by atoms with Gasteiger partial charge in [-0.25, -0.2) is 0 Å². The average molecular weight is 358 g/mol. The van der Waals surface area contributed by atoms with Gasteiger partial charge in [-0.05, 0) is 42.3 Å². The molecule has 0 aromatic heterocycles. The van der Waals surface area contributed by atoms with Gasteiger partial charge in [0.1, 0.15) is 11.4 Å². The highest BCUT2D eigenvalue weighted by molar-refractivity contribution is 5.80. The van der Waals surface area contributed by atoms with Crippen molar-refractivity contribution >= 4 is 23.3 Å². The molecule has 0 radical (unpaired) electrons. The zero-order valence-electron chi connectivity index (χ0n) is 14.1. The lowest BCUT2D eigenvalue weighted by molar-refractivity contribution is -0.393. The lowest BCUT2D eigenvalue weighted by Crippen LogP contribution is -1.99. The van der Waals surface area contributed by atoms with E-state index in [4.69, 9.17) is 4.74 Å². The third-order valence-corrected chi connectivity index (χ3v) is 3.43. The van der Waals surface area contributed by atoms with Crippen LogP contribution in [-0.4, -0.2) is 22.7 Å². The number of hydrogen-bond acceptors (Lipinski definition) is 7. The minimum absolute atomic E-state index is 0.0661. The first kappa shape index (κ1) is 18.8. The van der Waals surface area contributed by atoms with Crippen molar-refractivity contribution in [3.63, 3.8) is 0 Å². The fraction of sp³-hybridized carbons (Fsp3) is 0.235. The monoisotopic (exact) mass is 358 g/mol. The molecule has 2 rings (SSSR count). The number of nitrogens with one attached hydrogen (secondary N) is 1. The summed E-state index contributed by atoms with van der Waals surface area (Å²) < 4.78 is 5.56. The quantitative estimate of drug-likeness (QED) is 0.311. The first-order valence-electron chi connectivity index (χ1n) is 7.96. The molecule has 0 saturated carbocycles. The van der Waals surface area contributed by atoms with E-state index in [9.17, 15) is 20.2 Å². The van der Waals surface area contributed by atoms with Crippen LogP contribution in [-0.2, 0) is 0 Å². The highest BCUT2D eigenvalue weighted by atomic mass is 16.6. The highest BCUT2D eigenvalue weighted by Gasteiger charge is 2.18. The summed E-state index contributed by atoms with van der Waals surface area (Å²) in [5, 5.41) is 25.7. The maximum Gasteiger partial charge on any atom is 0.301 e. The Balaban J connectivity index is 2.03. The molecule has 0 unspecified atom stereocenters. The highest BCUT2D eigenvalue weighted by Crippen LogP contribution is 2.28. The Labute approximate surface area is 149 Å². The molecule has 0 bridgehead atoms. The smallest absolute Gasteiger partial charge is 0.301 e. The Morgan fingerprint density at radius 2 is 1.85 bits per heavy atom. The van der Waals surface area contributed by atoms with Gasteiger partial charge in [-0.3, -0.25) is 25.7 Å². The number of rotatable bonds is 9. The summed E-state index contributed by atoms with van der Waals surface area (Å²) in [4.78, 5) is 20.4. The van der Waals surface area contributed by atoms with Gasteiger partial charge in [0.2, 0.25) is 0 Å². The molecule has 0 saturated heterocycles. The van der Waals surface area contributed by atoms with Crippen molar-refractivity contribution in [3.8, 4) is 5.75 Å². The molecule has 136 valence electrons. The van der Waals surface area contributed by atoms with E-state index in [2.05, 4.69) is 17.5 Å². The van der Waals surface area contributed by atoms with Crippen LogP contribution in [0.15, 0.2) is 47.6 Å². The Morgan fingerprint density at radius 1 is 1.12 bits per heavy atom. The third kappa shape index (κ3) is 5.26. The predicted octanol–water partition coefficient (Wildman–Crippen LogP) is 4.13. The average Bonchev–Trinajstić information content (AvgIpc) is 2.63. The first-order valence-corrected chi connectivity index (χ1v) is 7.96. The molecule has 2 aromatic rings. The molecule has 0 fully saturated rings. The molecule has 0 atom stereocenters. The van der Waals surface area contributed by atoms with Gasteiger partial charge in [-0.2, -0.15) is 5.10 Å². The number of hydrazone groups is 1. The van der Waals surface area contributed by atoms with Crippen molar-refractivity contribution in [2.75, 3.05) is 12.0 Å². The van der Waals surface area contributed by atoms with Crippen molar-refractivity contribution in [1.29, 1.82) is 0 Å². The van der Waals surface area contributed by atoms with Gasteiger partial charge in [-0.15, -0.1) is 0 Å². The van der Waals surface area contributed by atoms with E-state index in [0.29, 0.717) is 6.61 Å². The summed E-state index contributed by atoms with van der Waals surface area (Å²) in [5.74, 6) is 0.759. The summed E-state index contributed by atoms with van der Waals surface area (Å²) in [6.07, 6.45) is 3.54. The van der Waals surface area contributed by atoms with E-state index in [1.165, 1.54) is 18.3 Å². The second kappa shape index (κ2) is 9.11. The van der Waals surface area contributed by atoms with Gasteiger partial charge >= 0.3 is 5.69 Å². The Morgan fingerprint density at radius 3 is 2.46 bits per heavy atom. The molecule has 0 heterocycles. The van der Waals surface area contributed by atoms with E-state index in [1.807, 2.05) is 12.1 Å². The fourth-order valence-corrected chi connectivity index (χ4v) is 2.04. The Kier molecular flexibility index (Phi) is 6.60. The van der Waals surface area contributed by atoms with E-state index in [-0.39, 0.29) is 11.4 Å². The Bertz CT molecular complexity index is 805. The zero-order chi connectivity index (χ0) is 18.9. The first-order chi connectivity index (χ1) is 12.5. The van der Waals surface area contributed by atoms with Crippen LogP contribution in [0.2, 0.25) is 0 Å².